The van der Waals surface area contributed by atoms with Crippen molar-refractivity contribution in [2.75, 3.05) is 24.2 Å². The van der Waals surface area contributed by atoms with Gasteiger partial charge in [0.05, 0.1) is 16.8 Å². The summed E-state index contributed by atoms with van der Waals surface area (Å²) in [6.07, 6.45) is 5.86. The maximum atomic E-state index is 12.9. The number of carbonyl (C=O) groups excluding carboxylic acids is 3. The second-order valence-corrected chi connectivity index (χ2v) is 9.57. The molecule has 1 aromatic carbocycles. The number of likely N-dealkylation sites (N-methyl/N-ethyl adjacent to an activating group) is 1. The number of aromatic nitrogens is 1. The Labute approximate surface area is 184 Å². The van der Waals surface area contributed by atoms with E-state index < -0.39 is 6.03 Å². The molecule has 1 aliphatic carbocycles. The minimum absolute atomic E-state index is 0.0177. The Balaban J connectivity index is 1.28. The normalized spacial score (nSPS) is 19.3. The van der Waals surface area contributed by atoms with Crippen molar-refractivity contribution in [2.24, 2.45) is 0 Å². The third-order valence-electron chi connectivity index (χ3n) is 6.26. The number of nitrogens with zero attached hydrogens (tertiary/aromatic N) is 3. The number of amides is 4. The van der Waals surface area contributed by atoms with E-state index in [4.69, 9.17) is 0 Å². The van der Waals surface area contributed by atoms with Gasteiger partial charge in [-0.2, -0.15) is 0 Å². The number of hydrogen-bond donors (Lipinski definition) is 2. The zero-order chi connectivity index (χ0) is 21.5. The summed E-state index contributed by atoms with van der Waals surface area (Å²) in [6.45, 7) is 1.80. The van der Waals surface area contributed by atoms with E-state index in [9.17, 15) is 14.4 Å². The molecule has 162 valence electrons. The van der Waals surface area contributed by atoms with Crippen LogP contribution >= 0.6 is 11.3 Å². The van der Waals surface area contributed by atoms with Crippen LogP contribution in [0.5, 0.6) is 0 Å². The largest absolute Gasteiger partial charge is 0.325 e. The Morgan fingerprint density at radius 3 is 2.68 bits per heavy atom. The molecule has 8 nitrogen and oxygen atoms in total. The van der Waals surface area contributed by atoms with E-state index in [1.165, 1.54) is 21.1 Å². The molecule has 0 bridgehead atoms. The highest BCUT2D eigenvalue weighted by atomic mass is 32.1. The molecule has 4 amide bonds. The molecule has 0 spiro atoms. The third kappa shape index (κ3) is 3.83. The number of benzene rings is 1. The van der Waals surface area contributed by atoms with Gasteiger partial charge in [0.25, 0.3) is 11.8 Å². The van der Waals surface area contributed by atoms with Gasteiger partial charge in [-0.25, -0.2) is 9.78 Å². The van der Waals surface area contributed by atoms with Crippen molar-refractivity contribution in [3.8, 4) is 0 Å². The standard InChI is InChI=1S/C22H25N5O3S/c1-26-10-9-17-18(12-26)31-22(24-17)25-21(30)23-13-7-8-15-16(11-13)20(29)27(19(15)28)14-5-3-2-4-6-14/h7-8,11,14H,2-6,9-10,12H2,1H3,(H2,23,24,25,30). The molecule has 9 heteroatoms. The second kappa shape index (κ2) is 8.05. The van der Waals surface area contributed by atoms with Gasteiger partial charge in [-0.05, 0) is 38.1 Å². The van der Waals surface area contributed by atoms with Crippen molar-refractivity contribution in [3.63, 3.8) is 0 Å². The van der Waals surface area contributed by atoms with Crippen LogP contribution in [0.4, 0.5) is 15.6 Å². The molecule has 2 aliphatic heterocycles. The molecule has 1 saturated carbocycles. The van der Waals surface area contributed by atoms with E-state index >= 15 is 0 Å². The van der Waals surface area contributed by atoms with Crippen molar-refractivity contribution in [2.45, 2.75) is 51.1 Å². The fourth-order valence-electron chi connectivity index (χ4n) is 4.64. The van der Waals surface area contributed by atoms with Gasteiger partial charge < -0.3 is 10.2 Å². The van der Waals surface area contributed by atoms with E-state index in [1.807, 2.05) is 0 Å². The summed E-state index contributed by atoms with van der Waals surface area (Å²) in [7, 11) is 2.07. The lowest BCUT2D eigenvalue weighted by Gasteiger charge is -2.29. The first-order valence-corrected chi connectivity index (χ1v) is 11.6. The summed E-state index contributed by atoms with van der Waals surface area (Å²) in [4.78, 5) is 47.6. The molecule has 3 heterocycles. The van der Waals surface area contributed by atoms with Crippen LogP contribution in [0.2, 0.25) is 0 Å². The lowest BCUT2D eigenvalue weighted by atomic mass is 9.94. The maximum absolute atomic E-state index is 12.9. The summed E-state index contributed by atoms with van der Waals surface area (Å²) in [5.41, 5.74) is 2.30. The van der Waals surface area contributed by atoms with Gasteiger partial charge in [0, 0.05) is 36.1 Å². The predicted octanol–water partition coefficient (Wildman–Crippen LogP) is 3.70. The monoisotopic (exact) mass is 439 g/mol. The number of anilines is 2. The van der Waals surface area contributed by atoms with Crippen LogP contribution in [0.3, 0.4) is 0 Å². The quantitative estimate of drug-likeness (QED) is 0.711. The van der Waals surface area contributed by atoms with Crippen molar-refractivity contribution >= 4 is 40.0 Å². The number of urea groups is 1. The fraction of sp³-hybridized carbons (Fsp3) is 0.455. The van der Waals surface area contributed by atoms with E-state index in [2.05, 4.69) is 27.6 Å². The first-order chi connectivity index (χ1) is 15.0. The van der Waals surface area contributed by atoms with Gasteiger partial charge in [-0.15, -0.1) is 11.3 Å². The second-order valence-electron chi connectivity index (χ2n) is 8.49. The number of carbonyl (C=O) groups is 3. The number of imide groups is 1. The average Bonchev–Trinajstić information content (AvgIpc) is 3.25. The third-order valence-corrected chi connectivity index (χ3v) is 7.26. The van der Waals surface area contributed by atoms with Crippen molar-refractivity contribution in [1.82, 2.24) is 14.8 Å². The van der Waals surface area contributed by atoms with E-state index in [0.29, 0.717) is 21.9 Å². The van der Waals surface area contributed by atoms with Gasteiger partial charge in [0.1, 0.15) is 0 Å². The predicted molar refractivity (Wildman–Crippen MR) is 119 cm³/mol. The number of hydrogen-bond acceptors (Lipinski definition) is 6. The van der Waals surface area contributed by atoms with Crippen LogP contribution in [-0.2, 0) is 13.0 Å². The summed E-state index contributed by atoms with van der Waals surface area (Å²) < 4.78 is 0. The highest BCUT2D eigenvalue weighted by molar-refractivity contribution is 7.15. The summed E-state index contributed by atoms with van der Waals surface area (Å²) in [5.74, 6) is -0.478. The van der Waals surface area contributed by atoms with Gasteiger partial charge in [0.15, 0.2) is 5.13 Å². The van der Waals surface area contributed by atoms with Crippen LogP contribution in [0.15, 0.2) is 18.2 Å². The van der Waals surface area contributed by atoms with E-state index in [0.717, 1.165) is 57.3 Å². The number of thiazole rings is 1. The summed E-state index contributed by atoms with van der Waals surface area (Å²) in [5, 5.41) is 6.11. The molecule has 5 rings (SSSR count). The SMILES string of the molecule is CN1CCc2nc(NC(=O)Nc3ccc4c(c3)C(=O)N(C3CCCCC3)C4=O)sc2C1. The smallest absolute Gasteiger partial charge is 0.308 e. The zero-order valence-electron chi connectivity index (χ0n) is 17.4. The van der Waals surface area contributed by atoms with Crippen LogP contribution in [0, 0.1) is 0 Å². The molecule has 2 aromatic rings. The van der Waals surface area contributed by atoms with Crippen LogP contribution < -0.4 is 10.6 Å². The Morgan fingerprint density at radius 1 is 1.10 bits per heavy atom. The maximum Gasteiger partial charge on any atom is 0.325 e. The van der Waals surface area contributed by atoms with Gasteiger partial charge in [0.2, 0.25) is 0 Å². The number of fused-ring (bicyclic) bond motifs is 2. The van der Waals surface area contributed by atoms with E-state index in [-0.39, 0.29) is 17.9 Å². The number of rotatable bonds is 3. The first-order valence-electron chi connectivity index (χ1n) is 10.8. The molecular formula is C22H25N5O3S. The molecule has 3 aliphatic rings. The Kier molecular flexibility index (Phi) is 5.23. The van der Waals surface area contributed by atoms with Gasteiger partial charge in [-0.3, -0.25) is 19.8 Å². The Bertz CT molecular complexity index is 1060. The fourth-order valence-corrected chi connectivity index (χ4v) is 5.73. The van der Waals surface area contributed by atoms with Gasteiger partial charge >= 0.3 is 6.03 Å². The molecule has 0 saturated heterocycles. The molecule has 0 radical (unpaired) electrons. The first kappa shape index (κ1) is 20.1. The number of nitrogens with one attached hydrogen (secondary N) is 2. The molecule has 1 aromatic heterocycles. The van der Waals surface area contributed by atoms with Crippen molar-refractivity contribution in [3.05, 3.63) is 39.9 Å². The lowest BCUT2D eigenvalue weighted by Crippen LogP contribution is -2.40. The average molecular weight is 440 g/mol. The summed E-state index contributed by atoms with van der Waals surface area (Å²) >= 11 is 1.48. The highest BCUT2D eigenvalue weighted by Gasteiger charge is 2.40. The van der Waals surface area contributed by atoms with Crippen LogP contribution in [0.1, 0.15) is 63.4 Å². The molecule has 1 fully saturated rings. The van der Waals surface area contributed by atoms with E-state index in [1.54, 1.807) is 18.2 Å². The van der Waals surface area contributed by atoms with Crippen molar-refractivity contribution in [1.29, 1.82) is 0 Å². The molecule has 2 N–H and O–H groups in total. The topological polar surface area (TPSA) is 94.6 Å². The van der Waals surface area contributed by atoms with Crippen molar-refractivity contribution < 1.29 is 14.4 Å². The minimum atomic E-state index is -0.416. The zero-order valence-corrected chi connectivity index (χ0v) is 18.3. The van der Waals surface area contributed by atoms with Crippen LogP contribution in [0.25, 0.3) is 0 Å². The molecule has 31 heavy (non-hydrogen) atoms. The van der Waals surface area contributed by atoms with Gasteiger partial charge in [-0.1, -0.05) is 19.3 Å². The summed E-state index contributed by atoms with van der Waals surface area (Å²) in [6, 6.07) is 4.46. The molecule has 0 atom stereocenters. The highest BCUT2D eigenvalue weighted by Crippen LogP contribution is 2.32. The lowest BCUT2D eigenvalue weighted by molar-refractivity contribution is 0.0549. The minimum Gasteiger partial charge on any atom is -0.308 e. The Hall–Kier alpha value is -2.78. The molecular weight excluding hydrogens is 414 g/mol. The molecule has 0 unspecified atom stereocenters. The Morgan fingerprint density at radius 2 is 1.87 bits per heavy atom. The van der Waals surface area contributed by atoms with Crippen LogP contribution in [-0.4, -0.2) is 52.3 Å².